The molecule has 7 heteroatoms. The minimum absolute atomic E-state index is 0.0978. The Morgan fingerprint density at radius 2 is 1.59 bits per heavy atom. The first-order valence-electron chi connectivity index (χ1n) is 10.5. The van der Waals surface area contributed by atoms with Crippen molar-refractivity contribution in [3.63, 3.8) is 0 Å². The highest BCUT2D eigenvalue weighted by molar-refractivity contribution is 8.13. The molecule has 0 aliphatic carbocycles. The number of methoxy groups -OCH3 is 1. The van der Waals surface area contributed by atoms with Crippen LogP contribution in [0.4, 0.5) is 4.79 Å². The van der Waals surface area contributed by atoms with Crippen LogP contribution in [-0.4, -0.2) is 35.9 Å². The number of carbonyl (C=O) groups is 3. The molecule has 0 heterocycles. The minimum atomic E-state index is -0.874. The Labute approximate surface area is 194 Å². The molecular weight excluding hydrogens is 426 g/mol. The third-order valence-corrected chi connectivity index (χ3v) is 5.79. The van der Waals surface area contributed by atoms with E-state index in [9.17, 15) is 14.4 Å². The molecule has 6 nitrogen and oxygen atoms in total. The van der Waals surface area contributed by atoms with Gasteiger partial charge in [0.25, 0.3) is 0 Å². The van der Waals surface area contributed by atoms with Crippen molar-refractivity contribution in [2.24, 2.45) is 0 Å². The summed E-state index contributed by atoms with van der Waals surface area (Å²) < 4.78 is 10.1. The molecule has 2 aromatic carbocycles. The van der Waals surface area contributed by atoms with Gasteiger partial charge in [0.05, 0.1) is 13.0 Å². The molecule has 0 spiro atoms. The monoisotopic (exact) mass is 457 g/mol. The van der Waals surface area contributed by atoms with Crippen LogP contribution < -0.4 is 5.32 Å². The molecule has 0 unspecified atom stereocenters. The lowest BCUT2D eigenvalue weighted by Gasteiger charge is -2.22. The number of alkyl carbamates (subject to hydrolysis) is 1. The Balaban J connectivity index is 1.98. The van der Waals surface area contributed by atoms with Gasteiger partial charge < -0.3 is 14.8 Å². The van der Waals surface area contributed by atoms with Crippen LogP contribution in [0.5, 0.6) is 0 Å². The molecular formula is C25H31NO5S. The number of nitrogens with one attached hydrogen (secondary N) is 1. The van der Waals surface area contributed by atoms with Crippen LogP contribution in [0.2, 0.25) is 0 Å². The fourth-order valence-electron chi connectivity index (χ4n) is 2.95. The van der Waals surface area contributed by atoms with E-state index in [4.69, 9.17) is 9.47 Å². The molecule has 0 aliphatic heterocycles. The summed E-state index contributed by atoms with van der Waals surface area (Å²) in [5.41, 5.74) is 2.17. The SMILES string of the molecule is COC(=O)[C@H](Cc1ccc([C@@H](C)C(=O)SCc2ccccc2)cc1)NC(=O)OC(C)(C)C. The maximum atomic E-state index is 12.6. The molecule has 2 atom stereocenters. The van der Waals surface area contributed by atoms with Crippen molar-refractivity contribution in [3.05, 3.63) is 71.3 Å². The van der Waals surface area contributed by atoms with E-state index in [1.54, 1.807) is 20.8 Å². The summed E-state index contributed by atoms with van der Waals surface area (Å²) in [4.78, 5) is 36.8. The maximum Gasteiger partial charge on any atom is 0.408 e. The maximum absolute atomic E-state index is 12.6. The van der Waals surface area contributed by atoms with Crippen LogP contribution in [0.1, 0.15) is 50.3 Å². The van der Waals surface area contributed by atoms with Gasteiger partial charge in [0, 0.05) is 12.2 Å². The van der Waals surface area contributed by atoms with E-state index in [2.05, 4.69) is 5.32 Å². The van der Waals surface area contributed by atoms with Crippen molar-refractivity contribution in [2.45, 2.75) is 57.4 Å². The summed E-state index contributed by atoms with van der Waals surface area (Å²) in [5.74, 6) is -0.172. The number of thioether (sulfide) groups is 1. The van der Waals surface area contributed by atoms with Gasteiger partial charge >= 0.3 is 12.1 Å². The van der Waals surface area contributed by atoms with Crippen molar-refractivity contribution < 1.29 is 23.9 Å². The van der Waals surface area contributed by atoms with E-state index in [-0.39, 0.29) is 17.5 Å². The van der Waals surface area contributed by atoms with Crippen molar-refractivity contribution in [3.8, 4) is 0 Å². The molecule has 0 radical (unpaired) electrons. The highest BCUT2D eigenvalue weighted by Gasteiger charge is 2.25. The molecule has 2 rings (SSSR count). The summed E-state index contributed by atoms with van der Waals surface area (Å²) in [6.07, 6.45) is -0.434. The van der Waals surface area contributed by atoms with Gasteiger partial charge in [-0.15, -0.1) is 0 Å². The zero-order valence-electron chi connectivity index (χ0n) is 19.2. The zero-order chi connectivity index (χ0) is 23.7. The topological polar surface area (TPSA) is 81.7 Å². The second kappa shape index (κ2) is 11.7. The van der Waals surface area contributed by atoms with Crippen molar-refractivity contribution >= 4 is 28.9 Å². The van der Waals surface area contributed by atoms with Crippen LogP contribution >= 0.6 is 11.8 Å². The second-order valence-electron chi connectivity index (χ2n) is 8.48. The highest BCUT2D eigenvalue weighted by atomic mass is 32.2. The summed E-state index contributed by atoms with van der Waals surface area (Å²) in [5, 5.41) is 2.67. The molecule has 172 valence electrons. The number of benzene rings is 2. The standard InChI is InChI=1S/C25H31NO5S/c1-17(23(28)32-16-19-9-7-6-8-10-19)20-13-11-18(12-14-20)15-21(22(27)30-5)26-24(29)31-25(2,3)4/h6-14,17,21H,15-16H2,1-5H3,(H,26,29)/t17-,21+/m1/s1. The molecule has 0 aromatic heterocycles. The van der Waals surface area contributed by atoms with Crippen molar-refractivity contribution in [1.82, 2.24) is 5.32 Å². The smallest absolute Gasteiger partial charge is 0.408 e. The van der Waals surface area contributed by atoms with Gasteiger partial charge in [-0.25, -0.2) is 9.59 Å². The Bertz CT molecular complexity index is 906. The Morgan fingerprint density at radius 3 is 2.16 bits per heavy atom. The Hall–Kier alpha value is -2.80. The van der Waals surface area contributed by atoms with Crippen LogP contribution in [0.15, 0.2) is 54.6 Å². The van der Waals surface area contributed by atoms with Gasteiger partial charge in [-0.1, -0.05) is 73.3 Å². The van der Waals surface area contributed by atoms with E-state index in [1.165, 1.54) is 18.9 Å². The molecule has 32 heavy (non-hydrogen) atoms. The van der Waals surface area contributed by atoms with Crippen LogP contribution in [-0.2, 0) is 31.2 Å². The average Bonchev–Trinajstić information content (AvgIpc) is 2.76. The largest absolute Gasteiger partial charge is 0.467 e. The van der Waals surface area contributed by atoms with E-state index >= 15 is 0 Å². The number of esters is 1. The first-order valence-corrected chi connectivity index (χ1v) is 11.4. The Kier molecular flexibility index (Phi) is 9.32. The van der Waals surface area contributed by atoms with Crippen LogP contribution in [0.25, 0.3) is 0 Å². The van der Waals surface area contributed by atoms with Crippen molar-refractivity contribution in [1.29, 1.82) is 0 Å². The van der Waals surface area contributed by atoms with E-state index in [0.29, 0.717) is 5.75 Å². The predicted molar refractivity (Wildman–Crippen MR) is 126 cm³/mol. The van der Waals surface area contributed by atoms with Crippen LogP contribution in [0.3, 0.4) is 0 Å². The average molecular weight is 458 g/mol. The summed E-state index contributed by atoms with van der Waals surface area (Å²) in [6, 6.07) is 16.5. The number of rotatable bonds is 8. The van der Waals surface area contributed by atoms with Gasteiger partial charge in [-0.05, 0) is 37.5 Å². The highest BCUT2D eigenvalue weighted by Crippen LogP contribution is 2.25. The molecule has 1 amide bonds. The van der Waals surface area contributed by atoms with Crippen LogP contribution in [0, 0.1) is 0 Å². The molecule has 1 N–H and O–H groups in total. The number of amides is 1. The molecule has 0 saturated carbocycles. The number of carbonyl (C=O) groups excluding carboxylic acids is 3. The third kappa shape index (κ3) is 8.38. The lowest BCUT2D eigenvalue weighted by atomic mass is 9.98. The fraction of sp³-hybridized carbons (Fsp3) is 0.400. The minimum Gasteiger partial charge on any atom is -0.467 e. The van der Waals surface area contributed by atoms with E-state index < -0.39 is 23.7 Å². The lowest BCUT2D eigenvalue weighted by Crippen LogP contribution is -2.45. The molecule has 0 fully saturated rings. The predicted octanol–water partition coefficient (Wildman–Crippen LogP) is 4.86. The summed E-state index contributed by atoms with van der Waals surface area (Å²) in [6.45, 7) is 7.13. The Morgan fingerprint density at radius 1 is 0.969 bits per heavy atom. The first kappa shape index (κ1) is 25.5. The number of hydrogen-bond acceptors (Lipinski definition) is 6. The quantitative estimate of drug-likeness (QED) is 0.570. The zero-order valence-corrected chi connectivity index (χ0v) is 20.0. The van der Waals surface area contributed by atoms with E-state index in [1.807, 2.05) is 61.5 Å². The second-order valence-corrected chi connectivity index (χ2v) is 9.46. The normalized spacial score (nSPS) is 13.0. The van der Waals surface area contributed by atoms with E-state index in [0.717, 1.165) is 16.7 Å². The molecule has 0 saturated heterocycles. The molecule has 0 aliphatic rings. The number of ether oxygens (including phenoxy) is 2. The summed E-state index contributed by atoms with van der Waals surface area (Å²) in [7, 11) is 1.27. The summed E-state index contributed by atoms with van der Waals surface area (Å²) >= 11 is 1.30. The van der Waals surface area contributed by atoms with Crippen molar-refractivity contribution in [2.75, 3.05) is 7.11 Å². The fourth-order valence-corrected chi connectivity index (χ4v) is 3.84. The van der Waals surface area contributed by atoms with Gasteiger partial charge in [0.2, 0.25) is 0 Å². The number of hydrogen-bond donors (Lipinski definition) is 1. The van der Waals surface area contributed by atoms with Gasteiger partial charge in [-0.2, -0.15) is 0 Å². The molecule has 2 aromatic rings. The lowest BCUT2D eigenvalue weighted by molar-refractivity contribution is -0.143. The van der Waals surface area contributed by atoms with Gasteiger partial charge in [-0.3, -0.25) is 4.79 Å². The third-order valence-electron chi connectivity index (χ3n) is 4.67. The van der Waals surface area contributed by atoms with Gasteiger partial charge in [0.1, 0.15) is 11.6 Å². The first-order chi connectivity index (χ1) is 15.1. The van der Waals surface area contributed by atoms with Gasteiger partial charge in [0.15, 0.2) is 5.12 Å². The molecule has 0 bridgehead atoms.